The van der Waals surface area contributed by atoms with Gasteiger partial charge in [0, 0.05) is 24.8 Å². The van der Waals surface area contributed by atoms with Gasteiger partial charge in [0.25, 0.3) is 5.91 Å². The number of fused-ring (bicyclic) bond motifs is 2. The number of carbonyl (C=O) groups excluding carboxylic acids is 1. The summed E-state index contributed by atoms with van der Waals surface area (Å²) in [4.78, 5) is 23.3. The minimum absolute atomic E-state index is 0.144. The molecule has 7 nitrogen and oxygen atoms in total. The van der Waals surface area contributed by atoms with Gasteiger partial charge in [-0.3, -0.25) is 9.78 Å². The maximum absolute atomic E-state index is 13.2. The predicted octanol–water partition coefficient (Wildman–Crippen LogP) is 3.31. The van der Waals surface area contributed by atoms with Crippen LogP contribution < -0.4 is 0 Å². The van der Waals surface area contributed by atoms with Crippen LogP contribution in [0.1, 0.15) is 29.1 Å². The Bertz CT molecular complexity index is 1150. The molecular weight excluding hydrogens is 379 g/mol. The van der Waals surface area contributed by atoms with Crippen LogP contribution in [0.2, 0.25) is 0 Å². The topological polar surface area (TPSA) is 76.8 Å². The molecule has 5 rings (SSSR count). The molecule has 1 aromatic carbocycles. The van der Waals surface area contributed by atoms with Gasteiger partial charge in [0.15, 0.2) is 16.7 Å². The van der Waals surface area contributed by atoms with Gasteiger partial charge >= 0.3 is 0 Å². The van der Waals surface area contributed by atoms with Crippen LogP contribution in [-0.4, -0.2) is 42.1 Å². The molecule has 0 aliphatic carbocycles. The van der Waals surface area contributed by atoms with E-state index in [1.54, 1.807) is 28.6 Å². The van der Waals surface area contributed by atoms with Crippen LogP contribution in [0.3, 0.4) is 0 Å². The Morgan fingerprint density at radius 2 is 2.00 bits per heavy atom. The minimum atomic E-state index is -0.362. The number of pyridine rings is 1. The fourth-order valence-electron chi connectivity index (χ4n) is 3.45. The summed E-state index contributed by atoms with van der Waals surface area (Å²) in [5, 5.41) is 9.46. The maximum Gasteiger partial charge on any atom is 0.254 e. The van der Waals surface area contributed by atoms with Crippen LogP contribution >= 0.6 is 11.3 Å². The first-order valence-corrected chi connectivity index (χ1v) is 9.64. The number of benzene rings is 1. The molecule has 1 amide bonds. The lowest BCUT2D eigenvalue weighted by atomic mass is 10.1. The van der Waals surface area contributed by atoms with Gasteiger partial charge in [-0.25, -0.2) is 9.37 Å². The highest BCUT2D eigenvalue weighted by Crippen LogP contribution is 2.33. The molecule has 0 radical (unpaired) electrons. The van der Waals surface area contributed by atoms with E-state index in [-0.39, 0.29) is 17.8 Å². The highest BCUT2D eigenvalue weighted by molar-refractivity contribution is 7.21. The summed E-state index contributed by atoms with van der Waals surface area (Å²) in [6.45, 7) is 3.01. The van der Waals surface area contributed by atoms with E-state index in [0.29, 0.717) is 30.3 Å². The summed E-state index contributed by atoms with van der Waals surface area (Å²) >= 11 is 1.54. The maximum atomic E-state index is 13.2. The van der Waals surface area contributed by atoms with Crippen molar-refractivity contribution in [1.29, 1.82) is 0 Å². The van der Waals surface area contributed by atoms with Crippen molar-refractivity contribution in [2.75, 3.05) is 6.54 Å². The molecule has 4 aromatic rings. The van der Waals surface area contributed by atoms with Crippen LogP contribution in [0.4, 0.5) is 4.39 Å². The predicted molar refractivity (Wildman–Crippen MR) is 102 cm³/mol. The van der Waals surface area contributed by atoms with Gasteiger partial charge in [-0.15, -0.1) is 21.5 Å². The lowest BCUT2D eigenvalue weighted by Gasteiger charge is -2.33. The summed E-state index contributed by atoms with van der Waals surface area (Å²) in [5.41, 5.74) is 1.29. The van der Waals surface area contributed by atoms with Crippen molar-refractivity contribution < 1.29 is 9.18 Å². The molecule has 4 heterocycles. The Morgan fingerprint density at radius 1 is 1.18 bits per heavy atom. The molecule has 1 aliphatic rings. The molecule has 0 N–H and O–H groups in total. The minimum Gasteiger partial charge on any atom is -0.327 e. The van der Waals surface area contributed by atoms with Crippen LogP contribution in [-0.2, 0) is 6.54 Å². The second-order valence-corrected chi connectivity index (χ2v) is 7.61. The Hall–Kier alpha value is -3.20. The molecule has 140 valence electrons. The van der Waals surface area contributed by atoms with E-state index in [4.69, 9.17) is 0 Å². The Kier molecular flexibility index (Phi) is 3.90. The highest BCUT2D eigenvalue weighted by atomic mass is 32.1. The Labute approximate surface area is 163 Å². The van der Waals surface area contributed by atoms with Crippen molar-refractivity contribution in [3.8, 4) is 10.8 Å². The number of carbonyl (C=O) groups is 1. The number of hydrogen-bond donors (Lipinski definition) is 0. The molecule has 9 heteroatoms. The van der Waals surface area contributed by atoms with Gasteiger partial charge in [-0.2, -0.15) is 0 Å². The summed E-state index contributed by atoms with van der Waals surface area (Å²) in [7, 11) is 0. The lowest BCUT2D eigenvalue weighted by molar-refractivity contribution is 0.0638. The summed E-state index contributed by atoms with van der Waals surface area (Å²) in [6.07, 6.45) is 3.47. The first kappa shape index (κ1) is 16.9. The second-order valence-electron chi connectivity index (χ2n) is 6.58. The standard InChI is InChI=1S/C19H15FN6OS/c1-11-16-23-24-17(18-22-14-10-21-7-6-15(14)28-18)26(16)9-8-25(11)19(27)12-2-4-13(20)5-3-12/h2-7,10-11H,8-9H2,1H3/t11-/m1/s1. The summed E-state index contributed by atoms with van der Waals surface area (Å²) < 4.78 is 16.2. The molecule has 0 saturated carbocycles. The fourth-order valence-corrected chi connectivity index (χ4v) is 4.38. The van der Waals surface area contributed by atoms with Crippen molar-refractivity contribution >= 4 is 27.5 Å². The van der Waals surface area contributed by atoms with Crippen LogP contribution in [0.25, 0.3) is 21.0 Å². The van der Waals surface area contributed by atoms with Crippen LogP contribution in [0.5, 0.6) is 0 Å². The number of nitrogens with zero attached hydrogens (tertiary/aromatic N) is 6. The van der Waals surface area contributed by atoms with E-state index < -0.39 is 0 Å². The highest BCUT2D eigenvalue weighted by Gasteiger charge is 2.32. The SMILES string of the molecule is C[C@@H]1c2nnc(-c3nc4cnccc4s3)n2CCN1C(=O)c1ccc(F)cc1. The average Bonchev–Trinajstić information content (AvgIpc) is 3.32. The molecule has 0 saturated heterocycles. The monoisotopic (exact) mass is 394 g/mol. The third kappa shape index (κ3) is 2.66. The molecule has 0 fully saturated rings. The Morgan fingerprint density at radius 3 is 2.79 bits per heavy atom. The zero-order valence-electron chi connectivity index (χ0n) is 14.9. The lowest BCUT2D eigenvalue weighted by Crippen LogP contribution is -2.41. The number of halogens is 1. The number of amides is 1. The van der Waals surface area contributed by atoms with Gasteiger partial charge in [0.1, 0.15) is 11.3 Å². The molecule has 1 aliphatic heterocycles. The van der Waals surface area contributed by atoms with Crippen LogP contribution in [0, 0.1) is 5.82 Å². The zero-order chi connectivity index (χ0) is 19.3. The number of aromatic nitrogens is 5. The van der Waals surface area contributed by atoms with Crippen molar-refractivity contribution in [2.24, 2.45) is 0 Å². The second kappa shape index (κ2) is 6.45. The smallest absolute Gasteiger partial charge is 0.254 e. The quantitative estimate of drug-likeness (QED) is 0.521. The molecule has 1 atom stereocenters. The molecule has 0 spiro atoms. The van der Waals surface area contributed by atoms with Gasteiger partial charge in [-0.05, 0) is 37.3 Å². The summed E-state index contributed by atoms with van der Waals surface area (Å²) in [6, 6.07) is 7.28. The fraction of sp³-hybridized carbons (Fsp3) is 0.211. The number of thiazole rings is 1. The third-order valence-electron chi connectivity index (χ3n) is 4.92. The van der Waals surface area contributed by atoms with E-state index >= 15 is 0 Å². The average molecular weight is 394 g/mol. The molecule has 0 bridgehead atoms. The molecule has 0 unspecified atom stereocenters. The van der Waals surface area contributed by atoms with E-state index in [0.717, 1.165) is 15.2 Å². The Balaban J connectivity index is 1.47. The van der Waals surface area contributed by atoms with E-state index in [2.05, 4.69) is 20.2 Å². The third-order valence-corrected chi connectivity index (χ3v) is 5.95. The van der Waals surface area contributed by atoms with Gasteiger partial charge in [-0.1, -0.05) is 0 Å². The first-order chi connectivity index (χ1) is 13.6. The molecule has 3 aromatic heterocycles. The van der Waals surface area contributed by atoms with E-state index in [1.165, 1.54) is 24.3 Å². The zero-order valence-corrected chi connectivity index (χ0v) is 15.7. The van der Waals surface area contributed by atoms with Gasteiger partial charge < -0.3 is 9.47 Å². The van der Waals surface area contributed by atoms with Crippen molar-refractivity contribution in [1.82, 2.24) is 29.6 Å². The normalized spacial score (nSPS) is 16.4. The largest absolute Gasteiger partial charge is 0.327 e. The van der Waals surface area contributed by atoms with Gasteiger partial charge in [0.05, 0.1) is 16.9 Å². The summed E-state index contributed by atoms with van der Waals surface area (Å²) in [5.74, 6) is 0.916. The van der Waals surface area contributed by atoms with E-state index in [1.807, 2.05) is 17.6 Å². The van der Waals surface area contributed by atoms with Gasteiger partial charge in [0.2, 0.25) is 0 Å². The molecular formula is C19H15FN6OS. The first-order valence-electron chi connectivity index (χ1n) is 8.82. The number of hydrogen-bond acceptors (Lipinski definition) is 6. The number of rotatable bonds is 2. The van der Waals surface area contributed by atoms with Crippen molar-refractivity contribution in [2.45, 2.75) is 19.5 Å². The van der Waals surface area contributed by atoms with Crippen LogP contribution in [0.15, 0.2) is 42.7 Å². The van der Waals surface area contributed by atoms with Crippen molar-refractivity contribution in [3.63, 3.8) is 0 Å². The van der Waals surface area contributed by atoms with Crippen molar-refractivity contribution in [3.05, 3.63) is 59.9 Å². The molecule has 28 heavy (non-hydrogen) atoms. The van der Waals surface area contributed by atoms with E-state index in [9.17, 15) is 9.18 Å².